The average molecular weight is 637 g/mol. The number of benzene rings is 2. The summed E-state index contributed by atoms with van der Waals surface area (Å²) in [6.07, 6.45) is 5.57. The van der Waals surface area contributed by atoms with Gasteiger partial charge in [0, 0.05) is 39.9 Å². The Bertz CT molecular complexity index is 1480. The molecule has 3 rings (SSSR count). The largest absolute Gasteiger partial charge is 0.466 e. The molecule has 0 aromatic heterocycles. The maximum atomic E-state index is 15.8. The molecule has 222 valence electrons. The summed E-state index contributed by atoms with van der Waals surface area (Å²) in [5.41, 5.74) is -0.899. The minimum atomic E-state index is -1.77. The number of carbonyl (C=O) groups excluding carboxylic acids is 2. The van der Waals surface area contributed by atoms with Crippen molar-refractivity contribution < 1.29 is 23.1 Å². The fourth-order valence-corrected chi connectivity index (χ4v) is 5.76. The molecule has 0 spiro atoms. The average Bonchev–Trinajstić information content (AvgIpc) is 3.23. The monoisotopic (exact) mass is 635 g/mol. The van der Waals surface area contributed by atoms with Gasteiger partial charge in [0.2, 0.25) is 5.91 Å². The number of rotatable bonds is 8. The topological polar surface area (TPSA) is 91.2 Å². The van der Waals surface area contributed by atoms with Crippen LogP contribution in [-0.2, 0) is 19.7 Å². The fourth-order valence-electron chi connectivity index (χ4n) is 5.28. The van der Waals surface area contributed by atoms with Gasteiger partial charge in [0.1, 0.15) is 17.0 Å². The van der Waals surface area contributed by atoms with Gasteiger partial charge >= 0.3 is 5.97 Å². The second-order valence-electron chi connectivity index (χ2n) is 11.0. The van der Waals surface area contributed by atoms with Crippen molar-refractivity contribution in [1.82, 2.24) is 10.6 Å². The molecule has 4 unspecified atom stereocenters. The van der Waals surface area contributed by atoms with Crippen LogP contribution >= 0.6 is 34.8 Å². The summed E-state index contributed by atoms with van der Waals surface area (Å²) in [6.45, 7) is 5.82. The number of amides is 1. The van der Waals surface area contributed by atoms with E-state index >= 15 is 8.78 Å². The van der Waals surface area contributed by atoms with Crippen molar-refractivity contribution in [2.75, 3.05) is 7.11 Å². The van der Waals surface area contributed by atoms with E-state index < -0.39 is 52.3 Å². The van der Waals surface area contributed by atoms with E-state index in [2.05, 4.69) is 21.4 Å². The molecule has 6 nitrogen and oxygen atoms in total. The van der Waals surface area contributed by atoms with Crippen LogP contribution in [0.3, 0.4) is 0 Å². The molecule has 42 heavy (non-hydrogen) atoms. The number of allylic oxidation sites excluding steroid dienone is 3. The third kappa shape index (κ3) is 7.22. The highest BCUT2D eigenvalue weighted by Gasteiger charge is 2.61. The van der Waals surface area contributed by atoms with Crippen LogP contribution in [-0.4, -0.2) is 31.1 Å². The standard InChI is InChI=1S/C31H30Cl3F2N3O3/c1-30(2,3)16-24-31(17-37,21-12-11-18(33)15-23(21)35)26(20-8-6-9-22(34)27(20)36)28(39-24)29(41)38-19(13-14-32)7-5-10-25(40)42-4/h5-15,24,26,28,39H,16H2,1-4H3,(H,38,41). The van der Waals surface area contributed by atoms with Crippen LogP contribution in [0.2, 0.25) is 10.0 Å². The zero-order valence-corrected chi connectivity index (χ0v) is 25.6. The molecule has 2 aromatic rings. The van der Waals surface area contributed by atoms with Crippen molar-refractivity contribution in [1.29, 1.82) is 5.26 Å². The van der Waals surface area contributed by atoms with Crippen LogP contribution in [0, 0.1) is 28.4 Å². The lowest BCUT2D eigenvalue weighted by Gasteiger charge is -2.37. The van der Waals surface area contributed by atoms with E-state index in [-0.39, 0.29) is 26.9 Å². The van der Waals surface area contributed by atoms with Crippen LogP contribution in [0.5, 0.6) is 0 Å². The molecular formula is C31H30Cl3F2N3O3. The van der Waals surface area contributed by atoms with E-state index in [0.717, 1.165) is 17.7 Å². The summed E-state index contributed by atoms with van der Waals surface area (Å²) in [7, 11) is 1.22. The second-order valence-corrected chi connectivity index (χ2v) is 12.1. The molecule has 1 heterocycles. The maximum absolute atomic E-state index is 15.8. The Morgan fingerprint density at radius 3 is 2.50 bits per heavy atom. The van der Waals surface area contributed by atoms with E-state index in [4.69, 9.17) is 34.8 Å². The quantitative estimate of drug-likeness (QED) is 0.184. The second kappa shape index (κ2) is 13.8. The normalized spacial score (nSPS) is 22.9. The highest BCUT2D eigenvalue weighted by molar-refractivity contribution is 6.31. The highest BCUT2D eigenvalue weighted by atomic mass is 35.5. The smallest absolute Gasteiger partial charge is 0.330 e. The van der Waals surface area contributed by atoms with Crippen LogP contribution in [0.4, 0.5) is 8.78 Å². The molecular weight excluding hydrogens is 607 g/mol. The fraction of sp³-hybridized carbons (Fsp3) is 0.323. The third-order valence-electron chi connectivity index (χ3n) is 6.95. The van der Waals surface area contributed by atoms with Crippen LogP contribution < -0.4 is 10.6 Å². The molecule has 1 saturated heterocycles. The molecule has 0 aliphatic carbocycles. The summed E-state index contributed by atoms with van der Waals surface area (Å²) in [5.74, 6) is -4.11. The number of nitriles is 1. The first-order valence-corrected chi connectivity index (χ1v) is 14.1. The number of nitrogens with zero attached hydrogens (tertiary/aromatic N) is 1. The van der Waals surface area contributed by atoms with Crippen molar-refractivity contribution in [3.05, 3.63) is 105 Å². The first kappa shape index (κ1) is 33.3. The number of halogens is 5. The van der Waals surface area contributed by atoms with E-state index in [9.17, 15) is 14.9 Å². The van der Waals surface area contributed by atoms with Gasteiger partial charge < -0.3 is 15.4 Å². The summed E-state index contributed by atoms with van der Waals surface area (Å²) in [6, 6.07) is 8.46. The van der Waals surface area contributed by atoms with Gasteiger partial charge in [-0.1, -0.05) is 79.8 Å². The number of methoxy groups -OCH3 is 1. The van der Waals surface area contributed by atoms with Gasteiger partial charge in [0.25, 0.3) is 0 Å². The number of hydrogen-bond donors (Lipinski definition) is 2. The SMILES string of the molecule is COC(=O)C=CC=C(C=CCl)NC(=O)C1NC(CC(C)(C)C)C(C#N)(c2ccc(Cl)cc2F)C1c1cccc(Cl)c1F. The van der Waals surface area contributed by atoms with Crippen molar-refractivity contribution in [3.63, 3.8) is 0 Å². The van der Waals surface area contributed by atoms with Crippen LogP contribution in [0.15, 0.2) is 71.9 Å². The number of esters is 1. The third-order valence-corrected chi connectivity index (χ3v) is 7.60. The molecule has 1 aliphatic rings. The van der Waals surface area contributed by atoms with Gasteiger partial charge in [-0.3, -0.25) is 4.79 Å². The molecule has 1 aliphatic heterocycles. The Kier molecular flexibility index (Phi) is 11.0. The molecule has 1 fully saturated rings. The summed E-state index contributed by atoms with van der Waals surface area (Å²) in [4.78, 5) is 25.4. The van der Waals surface area contributed by atoms with Gasteiger partial charge in [-0.2, -0.15) is 5.26 Å². The number of nitrogens with one attached hydrogen (secondary N) is 2. The van der Waals surface area contributed by atoms with Gasteiger partial charge in [0.15, 0.2) is 0 Å². The van der Waals surface area contributed by atoms with Crippen molar-refractivity contribution in [3.8, 4) is 6.07 Å². The molecule has 0 radical (unpaired) electrons. The predicted molar refractivity (Wildman–Crippen MR) is 160 cm³/mol. The molecule has 1 amide bonds. The van der Waals surface area contributed by atoms with Crippen molar-refractivity contribution in [2.45, 2.75) is 50.6 Å². The minimum Gasteiger partial charge on any atom is -0.466 e. The predicted octanol–water partition coefficient (Wildman–Crippen LogP) is 7.08. The number of ether oxygens (including phenoxy) is 1. The van der Waals surface area contributed by atoms with E-state index in [1.165, 1.54) is 55.7 Å². The van der Waals surface area contributed by atoms with Gasteiger partial charge in [-0.15, -0.1) is 0 Å². The zero-order chi connectivity index (χ0) is 31.2. The molecule has 4 atom stereocenters. The molecule has 2 N–H and O–H groups in total. The zero-order valence-electron chi connectivity index (χ0n) is 23.4. The molecule has 0 saturated carbocycles. The van der Waals surface area contributed by atoms with Crippen LogP contribution in [0.25, 0.3) is 0 Å². The van der Waals surface area contributed by atoms with Gasteiger partial charge in [-0.25, -0.2) is 13.6 Å². The van der Waals surface area contributed by atoms with Gasteiger partial charge in [0.05, 0.1) is 24.2 Å². The molecule has 11 heteroatoms. The Balaban J connectivity index is 2.27. The van der Waals surface area contributed by atoms with Crippen molar-refractivity contribution in [2.24, 2.45) is 5.41 Å². The highest BCUT2D eigenvalue weighted by Crippen LogP contribution is 2.52. The number of carbonyl (C=O) groups is 2. The maximum Gasteiger partial charge on any atom is 0.330 e. The van der Waals surface area contributed by atoms with Crippen LogP contribution in [0.1, 0.15) is 44.2 Å². The summed E-state index contributed by atoms with van der Waals surface area (Å²) in [5, 5.41) is 16.8. The number of hydrogen-bond acceptors (Lipinski definition) is 5. The lowest BCUT2D eigenvalue weighted by molar-refractivity contribution is -0.134. The first-order chi connectivity index (χ1) is 19.8. The Hall–Kier alpha value is -3.22. The lowest BCUT2D eigenvalue weighted by atomic mass is 9.62. The van der Waals surface area contributed by atoms with E-state index in [1.807, 2.05) is 20.8 Å². The first-order valence-electron chi connectivity index (χ1n) is 12.9. The van der Waals surface area contributed by atoms with E-state index in [1.54, 1.807) is 0 Å². The minimum absolute atomic E-state index is 0.0340. The molecule has 2 aromatic carbocycles. The summed E-state index contributed by atoms with van der Waals surface area (Å²) >= 11 is 18.0. The van der Waals surface area contributed by atoms with Crippen molar-refractivity contribution >= 4 is 46.7 Å². The Morgan fingerprint density at radius 1 is 1.19 bits per heavy atom. The van der Waals surface area contributed by atoms with Gasteiger partial charge in [-0.05, 0) is 47.8 Å². The lowest BCUT2D eigenvalue weighted by Crippen LogP contribution is -2.45. The summed E-state index contributed by atoms with van der Waals surface area (Å²) < 4.78 is 36.1. The Labute approximate surface area is 259 Å². The van der Waals surface area contributed by atoms with E-state index in [0.29, 0.717) is 6.42 Å². The Morgan fingerprint density at radius 2 is 1.90 bits per heavy atom. The molecule has 0 bridgehead atoms.